The molecular weight excluding hydrogens is 322 g/mol. The Balaban J connectivity index is 1.75. The Morgan fingerprint density at radius 1 is 1.44 bits per heavy atom. The highest BCUT2D eigenvalue weighted by molar-refractivity contribution is 5.77. The highest BCUT2D eigenvalue weighted by atomic mass is 16.5. The van der Waals surface area contributed by atoms with Gasteiger partial charge in [-0.1, -0.05) is 12.1 Å². The first kappa shape index (κ1) is 17.6. The van der Waals surface area contributed by atoms with E-state index >= 15 is 0 Å². The van der Waals surface area contributed by atoms with Gasteiger partial charge >= 0.3 is 5.97 Å². The molecule has 7 nitrogen and oxygen atoms in total. The third kappa shape index (κ3) is 4.64. The van der Waals surface area contributed by atoms with Crippen LogP contribution in [-0.2, 0) is 20.8 Å². The average Bonchev–Trinajstić information content (AvgIpc) is 3.12. The number of carbonyl (C=O) groups is 1. The molecular formula is C18H23N3O4. The molecule has 3 rings (SSSR count). The summed E-state index contributed by atoms with van der Waals surface area (Å²) in [6.45, 7) is 2.47. The number of ether oxygens (including phenoxy) is 2. The smallest absolute Gasteiger partial charge is 0.306 e. The van der Waals surface area contributed by atoms with Crippen LogP contribution in [0.2, 0.25) is 0 Å². The van der Waals surface area contributed by atoms with Crippen LogP contribution in [-0.4, -0.2) is 53.7 Å². The van der Waals surface area contributed by atoms with Crippen LogP contribution in [0.15, 0.2) is 29.1 Å². The number of para-hydroxylation sites is 1. The van der Waals surface area contributed by atoms with E-state index in [1.165, 1.54) is 7.11 Å². The van der Waals surface area contributed by atoms with Gasteiger partial charge in [0.05, 0.1) is 37.1 Å². The van der Waals surface area contributed by atoms with Crippen molar-refractivity contribution < 1.29 is 14.3 Å². The lowest BCUT2D eigenvalue weighted by Gasteiger charge is -2.24. The van der Waals surface area contributed by atoms with Gasteiger partial charge in [-0.15, -0.1) is 0 Å². The van der Waals surface area contributed by atoms with E-state index in [0.29, 0.717) is 42.8 Å². The summed E-state index contributed by atoms with van der Waals surface area (Å²) in [6, 6.07) is 7.26. The minimum atomic E-state index is -0.252. The second-order valence-corrected chi connectivity index (χ2v) is 6.23. The molecule has 1 saturated heterocycles. The number of nitrogens with one attached hydrogen (secondary N) is 1. The number of hydrogen-bond donors (Lipinski definition) is 1. The molecule has 1 aromatic carbocycles. The Morgan fingerprint density at radius 2 is 2.28 bits per heavy atom. The third-order valence-electron chi connectivity index (χ3n) is 4.38. The summed E-state index contributed by atoms with van der Waals surface area (Å²) < 4.78 is 10.4. The molecule has 2 heterocycles. The number of benzene rings is 1. The number of H-pyrrole nitrogens is 1. The predicted octanol–water partition coefficient (Wildman–Crippen LogP) is 1.47. The standard InChI is InChI=1S/C18H23N3O4/c1-24-17(22)8-9-21(11-13-5-4-10-25-13)12-16-19-15-7-3-2-6-14(15)18(23)20-16/h2-3,6-7,13H,4-5,8-12H2,1H3,(H,19,20,23). The van der Waals surface area contributed by atoms with Crippen LogP contribution in [0.1, 0.15) is 25.1 Å². The zero-order chi connectivity index (χ0) is 17.6. The molecule has 0 spiro atoms. The van der Waals surface area contributed by atoms with Crippen molar-refractivity contribution in [3.63, 3.8) is 0 Å². The van der Waals surface area contributed by atoms with Crippen LogP contribution in [0.3, 0.4) is 0 Å². The maximum Gasteiger partial charge on any atom is 0.306 e. The number of esters is 1. The van der Waals surface area contributed by atoms with E-state index in [-0.39, 0.29) is 17.6 Å². The molecule has 2 aromatic rings. The molecule has 0 aliphatic carbocycles. The molecule has 0 bridgehead atoms. The first-order valence-electron chi connectivity index (χ1n) is 8.54. The lowest BCUT2D eigenvalue weighted by atomic mass is 10.2. The summed E-state index contributed by atoms with van der Waals surface area (Å²) in [7, 11) is 1.38. The Labute approximate surface area is 146 Å². The topological polar surface area (TPSA) is 84.5 Å². The maximum atomic E-state index is 12.2. The first-order chi connectivity index (χ1) is 12.2. The van der Waals surface area contributed by atoms with Gasteiger partial charge in [0.15, 0.2) is 0 Å². The van der Waals surface area contributed by atoms with E-state index in [1.54, 1.807) is 6.07 Å². The molecule has 25 heavy (non-hydrogen) atoms. The Hall–Kier alpha value is -2.25. The molecule has 1 aliphatic rings. The van der Waals surface area contributed by atoms with Crippen LogP contribution in [0.4, 0.5) is 0 Å². The average molecular weight is 345 g/mol. The zero-order valence-electron chi connectivity index (χ0n) is 14.4. The van der Waals surface area contributed by atoms with Gasteiger partial charge in [0.25, 0.3) is 5.56 Å². The summed E-state index contributed by atoms with van der Waals surface area (Å²) >= 11 is 0. The fourth-order valence-corrected chi connectivity index (χ4v) is 3.08. The summed E-state index contributed by atoms with van der Waals surface area (Å²) in [4.78, 5) is 33.2. The number of aromatic amines is 1. The zero-order valence-corrected chi connectivity index (χ0v) is 14.4. The fourth-order valence-electron chi connectivity index (χ4n) is 3.08. The minimum absolute atomic E-state index is 0.148. The number of fused-ring (bicyclic) bond motifs is 1. The van der Waals surface area contributed by atoms with Gasteiger partial charge in [-0.25, -0.2) is 4.98 Å². The van der Waals surface area contributed by atoms with Crippen molar-refractivity contribution >= 4 is 16.9 Å². The maximum absolute atomic E-state index is 12.2. The van der Waals surface area contributed by atoms with Crippen molar-refractivity contribution in [1.29, 1.82) is 0 Å². The molecule has 1 atom stereocenters. The molecule has 7 heteroatoms. The molecule has 1 N–H and O–H groups in total. The quantitative estimate of drug-likeness (QED) is 0.765. The number of methoxy groups -OCH3 is 1. The van der Waals surface area contributed by atoms with Crippen LogP contribution < -0.4 is 5.56 Å². The summed E-state index contributed by atoms with van der Waals surface area (Å²) in [6.07, 6.45) is 2.52. The van der Waals surface area contributed by atoms with E-state index in [1.807, 2.05) is 18.2 Å². The van der Waals surface area contributed by atoms with Gasteiger partial charge < -0.3 is 14.5 Å². The van der Waals surface area contributed by atoms with Gasteiger partial charge in [0, 0.05) is 19.7 Å². The third-order valence-corrected chi connectivity index (χ3v) is 4.38. The van der Waals surface area contributed by atoms with Gasteiger partial charge in [-0.2, -0.15) is 0 Å². The van der Waals surface area contributed by atoms with Crippen molar-refractivity contribution in [3.05, 3.63) is 40.4 Å². The molecule has 1 aromatic heterocycles. The monoisotopic (exact) mass is 345 g/mol. The highest BCUT2D eigenvalue weighted by Crippen LogP contribution is 2.15. The first-order valence-corrected chi connectivity index (χ1v) is 8.54. The lowest BCUT2D eigenvalue weighted by molar-refractivity contribution is -0.141. The number of rotatable bonds is 7. The summed E-state index contributed by atoms with van der Waals surface area (Å²) in [5.41, 5.74) is 0.525. The molecule has 134 valence electrons. The summed E-state index contributed by atoms with van der Waals surface area (Å²) in [5, 5.41) is 0.575. The predicted molar refractivity (Wildman–Crippen MR) is 93.2 cm³/mol. The van der Waals surface area contributed by atoms with E-state index in [0.717, 1.165) is 19.4 Å². The molecule has 0 saturated carbocycles. The van der Waals surface area contributed by atoms with Crippen LogP contribution in [0.25, 0.3) is 10.9 Å². The van der Waals surface area contributed by atoms with Gasteiger partial charge in [-0.3, -0.25) is 14.5 Å². The van der Waals surface area contributed by atoms with Crippen molar-refractivity contribution in [3.8, 4) is 0 Å². The fraction of sp³-hybridized carbons (Fsp3) is 0.500. The lowest BCUT2D eigenvalue weighted by Crippen LogP contribution is -2.34. The van der Waals surface area contributed by atoms with Crippen LogP contribution >= 0.6 is 0 Å². The molecule has 1 aliphatic heterocycles. The van der Waals surface area contributed by atoms with Crippen molar-refractivity contribution in [2.45, 2.75) is 31.9 Å². The number of aromatic nitrogens is 2. The van der Waals surface area contributed by atoms with Crippen molar-refractivity contribution in [2.24, 2.45) is 0 Å². The van der Waals surface area contributed by atoms with Crippen LogP contribution in [0, 0.1) is 0 Å². The van der Waals surface area contributed by atoms with Gasteiger partial charge in [-0.05, 0) is 25.0 Å². The van der Waals surface area contributed by atoms with Crippen LogP contribution in [0.5, 0.6) is 0 Å². The molecule has 1 fully saturated rings. The Morgan fingerprint density at radius 3 is 3.04 bits per heavy atom. The minimum Gasteiger partial charge on any atom is -0.469 e. The van der Waals surface area contributed by atoms with E-state index in [2.05, 4.69) is 14.9 Å². The Kier molecular flexibility index (Phi) is 5.78. The second kappa shape index (κ2) is 8.22. The Bertz CT molecular complexity index is 783. The normalized spacial score (nSPS) is 17.3. The largest absolute Gasteiger partial charge is 0.469 e. The number of hydrogen-bond acceptors (Lipinski definition) is 6. The second-order valence-electron chi connectivity index (χ2n) is 6.23. The number of carbonyl (C=O) groups excluding carboxylic acids is 1. The highest BCUT2D eigenvalue weighted by Gasteiger charge is 2.21. The SMILES string of the molecule is COC(=O)CCN(Cc1nc2ccccc2c(=O)[nH]1)CC1CCCO1. The summed E-state index contributed by atoms with van der Waals surface area (Å²) in [5.74, 6) is 0.337. The molecule has 0 amide bonds. The van der Waals surface area contributed by atoms with Crippen molar-refractivity contribution in [2.75, 3.05) is 26.8 Å². The van der Waals surface area contributed by atoms with Gasteiger partial charge in [0.2, 0.25) is 0 Å². The van der Waals surface area contributed by atoms with E-state index in [9.17, 15) is 9.59 Å². The van der Waals surface area contributed by atoms with Gasteiger partial charge in [0.1, 0.15) is 5.82 Å². The van der Waals surface area contributed by atoms with Crippen molar-refractivity contribution in [1.82, 2.24) is 14.9 Å². The molecule has 0 radical (unpaired) electrons. The van der Waals surface area contributed by atoms with E-state index in [4.69, 9.17) is 9.47 Å². The number of nitrogens with zero attached hydrogens (tertiary/aromatic N) is 2. The molecule has 1 unspecified atom stereocenters. The van der Waals surface area contributed by atoms with E-state index < -0.39 is 0 Å².